The van der Waals surface area contributed by atoms with Crippen LogP contribution in [0.25, 0.3) is 0 Å². The fourth-order valence-electron chi connectivity index (χ4n) is 4.02. The van der Waals surface area contributed by atoms with Gasteiger partial charge in [-0.1, -0.05) is 41.6 Å². The highest BCUT2D eigenvalue weighted by molar-refractivity contribution is 9.10. The molecule has 2 fully saturated rings. The number of halogens is 2. The summed E-state index contributed by atoms with van der Waals surface area (Å²) in [6.07, 6.45) is 8.29. The lowest BCUT2D eigenvalue weighted by Gasteiger charge is -2.38. The van der Waals surface area contributed by atoms with Crippen LogP contribution in [0.1, 0.15) is 55.3 Å². The van der Waals surface area contributed by atoms with Gasteiger partial charge in [-0.25, -0.2) is 4.39 Å². The Morgan fingerprint density at radius 1 is 1.10 bits per heavy atom. The summed E-state index contributed by atoms with van der Waals surface area (Å²) in [5.41, 5.74) is 0.263. The first-order valence-electron chi connectivity index (χ1n) is 7.64. The normalized spacial score (nSPS) is 29.8. The quantitative estimate of drug-likeness (QED) is 0.662. The second-order valence-corrected chi connectivity index (χ2v) is 7.22. The molecule has 3 unspecified atom stereocenters. The second-order valence-electron chi connectivity index (χ2n) is 6.30. The average Bonchev–Trinajstić information content (AvgIpc) is 2.48. The van der Waals surface area contributed by atoms with Crippen LogP contribution in [0.5, 0.6) is 0 Å². The van der Waals surface area contributed by atoms with E-state index in [4.69, 9.17) is 0 Å². The van der Waals surface area contributed by atoms with E-state index in [9.17, 15) is 9.18 Å². The monoisotopic (exact) mass is 338 g/mol. The lowest BCUT2D eigenvalue weighted by molar-refractivity contribution is 0.0759. The molecule has 0 N–H and O–H groups in total. The van der Waals surface area contributed by atoms with Crippen LogP contribution in [-0.4, -0.2) is 5.78 Å². The molecule has 1 nitrogen and oxygen atoms in total. The Bertz CT molecular complexity index is 514. The number of hydrogen-bond donors (Lipinski definition) is 0. The second kappa shape index (κ2) is 5.97. The zero-order valence-corrected chi connectivity index (χ0v) is 13.2. The number of fused-ring (bicyclic) bond motifs is 1. The van der Waals surface area contributed by atoms with Crippen molar-refractivity contribution >= 4 is 21.7 Å². The van der Waals surface area contributed by atoms with Crippen molar-refractivity contribution in [3.63, 3.8) is 0 Å². The van der Waals surface area contributed by atoms with Crippen molar-refractivity contribution in [3.8, 4) is 0 Å². The third-order valence-corrected chi connectivity index (χ3v) is 5.60. The molecule has 3 rings (SSSR count). The lowest BCUT2D eigenvalue weighted by Crippen LogP contribution is -2.31. The maximum atomic E-state index is 13.9. The van der Waals surface area contributed by atoms with E-state index in [-0.39, 0.29) is 23.1 Å². The molecule has 0 aromatic heterocycles. The highest BCUT2D eigenvalue weighted by atomic mass is 79.9. The Morgan fingerprint density at radius 2 is 1.85 bits per heavy atom. The van der Waals surface area contributed by atoms with Crippen LogP contribution in [0, 0.1) is 23.6 Å². The third-order valence-electron chi connectivity index (χ3n) is 5.10. The van der Waals surface area contributed by atoms with Gasteiger partial charge in [-0.3, -0.25) is 4.79 Å². The van der Waals surface area contributed by atoms with Crippen molar-refractivity contribution in [1.82, 2.24) is 0 Å². The molecule has 0 heterocycles. The van der Waals surface area contributed by atoms with E-state index in [2.05, 4.69) is 15.9 Å². The van der Waals surface area contributed by atoms with Crippen molar-refractivity contribution in [3.05, 3.63) is 34.1 Å². The van der Waals surface area contributed by atoms with Gasteiger partial charge in [0.05, 0.1) is 5.56 Å². The molecule has 0 saturated heterocycles. The number of carbonyl (C=O) groups excluding carboxylic acids is 1. The van der Waals surface area contributed by atoms with Gasteiger partial charge >= 0.3 is 0 Å². The summed E-state index contributed by atoms with van der Waals surface area (Å²) in [6, 6.07) is 4.65. The van der Waals surface area contributed by atoms with E-state index in [1.165, 1.54) is 31.7 Å². The summed E-state index contributed by atoms with van der Waals surface area (Å²) in [5, 5.41) is 0. The van der Waals surface area contributed by atoms with Crippen LogP contribution >= 0.6 is 15.9 Å². The number of hydrogen-bond acceptors (Lipinski definition) is 1. The zero-order valence-electron chi connectivity index (χ0n) is 11.6. The highest BCUT2D eigenvalue weighted by Gasteiger charge is 2.35. The summed E-state index contributed by atoms with van der Waals surface area (Å²) in [6.45, 7) is 0. The van der Waals surface area contributed by atoms with E-state index in [0.29, 0.717) is 5.92 Å². The number of ketones is 1. The van der Waals surface area contributed by atoms with E-state index in [0.717, 1.165) is 29.7 Å². The van der Waals surface area contributed by atoms with Gasteiger partial charge < -0.3 is 0 Å². The summed E-state index contributed by atoms with van der Waals surface area (Å²) in [5.74, 6) is 1.16. The van der Waals surface area contributed by atoms with E-state index in [1.54, 1.807) is 12.1 Å². The van der Waals surface area contributed by atoms with Gasteiger partial charge in [0.1, 0.15) is 5.82 Å². The van der Waals surface area contributed by atoms with Crippen molar-refractivity contribution < 1.29 is 9.18 Å². The van der Waals surface area contributed by atoms with Crippen LogP contribution in [0.2, 0.25) is 0 Å². The molecule has 1 aromatic carbocycles. The summed E-state index contributed by atoms with van der Waals surface area (Å²) < 4.78 is 14.6. The molecule has 3 atom stereocenters. The van der Waals surface area contributed by atoms with Crippen LogP contribution in [0.4, 0.5) is 4.39 Å². The molecule has 2 saturated carbocycles. The van der Waals surface area contributed by atoms with Crippen molar-refractivity contribution in [1.29, 1.82) is 0 Å². The minimum atomic E-state index is -0.385. The Hall–Kier alpha value is -0.700. The molecule has 2 aliphatic carbocycles. The van der Waals surface area contributed by atoms with Gasteiger partial charge in [-0.2, -0.15) is 0 Å². The number of rotatable bonds is 2. The minimum absolute atomic E-state index is 0.00724. The molecule has 0 radical (unpaired) electrons. The Labute approximate surface area is 128 Å². The Morgan fingerprint density at radius 3 is 2.65 bits per heavy atom. The van der Waals surface area contributed by atoms with Crippen molar-refractivity contribution in [2.24, 2.45) is 17.8 Å². The van der Waals surface area contributed by atoms with Gasteiger partial charge in [0.15, 0.2) is 5.78 Å². The lowest BCUT2D eigenvalue weighted by atomic mass is 9.66. The number of carbonyl (C=O) groups is 1. The predicted octanol–water partition coefficient (Wildman–Crippen LogP) is 5.38. The fourth-order valence-corrected chi connectivity index (χ4v) is 4.38. The fraction of sp³-hybridized carbons (Fsp3) is 0.588. The van der Waals surface area contributed by atoms with E-state index < -0.39 is 0 Å². The molecule has 0 bridgehead atoms. The first kappa shape index (κ1) is 14.2. The molecular weight excluding hydrogens is 319 g/mol. The van der Waals surface area contributed by atoms with Crippen LogP contribution in [-0.2, 0) is 0 Å². The van der Waals surface area contributed by atoms with Crippen LogP contribution in [0.15, 0.2) is 22.7 Å². The first-order chi connectivity index (χ1) is 9.65. The summed E-state index contributed by atoms with van der Waals surface area (Å²) in [4.78, 5) is 12.6. The Kier molecular flexibility index (Phi) is 4.25. The Balaban J connectivity index is 1.76. The largest absolute Gasteiger partial charge is 0.294 e. The van der Waals surface area contributed by atoms with Crippen molar-refractivity contribution in [2.75, 3.05) is 0 Å². The number of benzene rings is 1. The topological polar surface area (TPSA) is 17.1 Å². The van der Waals surface area contributed by atoms with E-state index >= 15 is 0 Å². The smallest absolute Gasteiger partial charge is 0.168 e. The summed E-state index contributed by atoms with van der Waals surface area (Å²) in [7, 11) is 0. The molecule has 0 spiro atoms. The average molecular weight is 339 g/mol. The predicted molar refractivity (Wildman–Crippen MR) is 81.2 cm³/mol. The van der Waals surface area contributed by atoms with Gasteiger partial charge in [-0.05, 0) is 49.3 Å². The molecule has 1 aromatic rings. The highest BCUT2D eigenvalue weighted by Crippen LogP contribution is 2.43. The maximum Gasteiger partial charge on any atom is 0.168 e. The zero-order chi connectivity index (χ0) is 14.1. The molecule has 3 heteroatoms. The molecule has 0 aliphatic heterocycles. The summed E-state index contributed by atoms with van der Waals surface area (Å²) >= 11 is 3.33. The molecule has 20 heavy (non-hydrogen) atoms. The standard InChI is InChI=1S/C17H20BrFO/c18-14-7-8-16(19)15(10-14)17(20)13-6-5-11-3-1-2-4-12(11)9-13/h7-8,10-13H,1-6,9H2. The molecular formula is C17H20BrFO. The van der Waals surface area contributed by atoms with Crippen molar-refractivity contribution in [2.45, 2.75) is 44.9 Å². The maximum absolute atomic E-state index is 13.9. The van der Waals surface area contributed by atoms with Gasteiger partial charge in [-0.15, -0.1) is 0 Å². The van der Waals surface area contributed by atoms with E-state index in [1.807, 2.05) is 0 Å². The van der Waals surface area contributed by atoms with Gasteiger partial charge in [0, 0.05) is 10.4 Å². The van der Waals surface area contributed by atoms with Gasteiger partial charge in [0.25, 0.3) is 0 Å². The van der Waals surface area contributed by atoms with Crippen LogP contribution < -0.4 is 0 Å². The van der Waals surface area contributed by atoms with Gasteiger partial charge in [0.2, 0.25) is 0 Å². The third kappa shape index (κ3) is 2.83. The minimum Gasteiger partial charge on any atom is -0.294 e. The molecule has 2 aliphatic rings. The number of Topliss-reactive ketones (excluding diaryl/α,β-unsaturated/α-hetero) is 1. The van der Waals surface area contributed by atoms with Crippen LogP contribution in [0.3, 0.4) is 0 Å². The SMILES string of the molecule is O=C(c1cc(Br)ccc1F)C1CCC2CCCCC2C1. The molecule has 108 valence electrons. The first-order valence-corrected chi connectivity index (χ1v) is 8.43. The molecule has 0 amide bonds.